The van der Waals surface area contributed by atoms with E-state index in [1.165, 1.54) is 30.0 Å². The van der Waals surface area contributed by atoms with Crippen LogP contribution in [0.3, 0.4) is 0 Å². The maximum Gasteiger partial charge on any atom is 0.270 e. The summed E-state index contributed by atoms with van der Waals surface area (Å²) in [5, 5.41) is 9.42. The maximum absolute atomic E-state index is 13.7. The van der Waals surface area contributed by atoms with Gasteiger partial charge in [0.25, 0.3) is 5.56 Å². The van der Waals surface area contributed by atoms with Crippen LogP contribution >= 0.6 is 11.8 Å². The van der Waals surface area contributed by atoms with E-state index >= 15 is 0 Å². The lowest BCUT2D eigenvalue weighted by atomic mass is 10.0. The number of nitrogens with one attached hydrogen (secondary N) is 1. The largest absolute Gasteiger partial charge is 0.300 e. The Hall–Kier alpha value is -2.57. The SMILES string of the molecule is C#Cc1c(F)cccc1-c1nc(SC)[nH]c(=O)c1C#N. The van der Waals surface area contributed by atoms with Crippen LogP contribution in [0.4, 0.5) is 4.39 Å². The molecule has 0 saturated carbocycles. The third-order valence-corrected chi connectivity index (χ3v) is 3.20. The van der Waals surface area contributed by atoms with E-state index in [0.717, 1.165) is 0 Å². The number of aromatic amines is 1. The Balaban J connectivity index is 2.87. The Kier molecular flexibility index (Phi) is 3.88. The second kappa shape index (κ2) is 5.60. The van der Waals surface area contributed by atoms with Crippen molar-refractivity contribution in [2.24, 2.45) is 0 Å². The molecular formula is C14H8FN3OS. The Bertz CT molecular complexity index is 815. The van der Waals surface area contributed by atoms with Gasteiger partial charge < -0.3 is 4.98 Å². The predicted octanol–water partition coefficient (Wildman–Crippen LogP) is 2.15. The lowest BCUT2D eigenvalue weighted by Crippen LogP contribution is -2.15. The number of benzene rings is 1. The van der Waals surface area contributed by atoms with Crippen LogP contribution in [0, 0.1) is 29.5 Å². The van der Waals surface area contributed by atoms with Gasteiger partial charge in [-0.1, -0.05) is 29.8 Å². The first-order valence-corrected chi connectivity index (χ1v) is 6.68. The molecule has 4 nitrogen and oxygen atoms in total. The third-order valence-electron chi connectivity index (χ3n) is 2.62. The van der Waals surface area contributed by atoms with Crippen LogP contribution in [-0.4, -0.2) is 16.2 Å². The number of nitrogens with zero attached hydrogens (tertiary/aromatic N) is 2. The van der Waals surface area contributed by atoms with Crippen molar-refractivity contribution in [3.63, 3.8) is 0 Å². The molecule has 0 bridgehead atoms. The van der Waals surface area contributed by atoms with Crippen LogP contribution < -0.4 is 5.56 Å². The van der Waals surface area contributed by atoms with Crippen molar-refractivity contribution in [2.75, 3.05) is 6.26 Å². The zero-order valence-electron chi connectivity index (χ0n) is 10.4. The van der Waals surface area contributed by atoms with Gasteiger partial charge >= 0.3 is 0 Å². The quantitative estimate of drug-likeness (QED) is 0.521. The lowest BCUT2D eigenvalue weighted by Gasteiger charge is -2.08. The second-order valence-electron chi connectivity index (χ2n) is 3.72. The number of nitriles is 1. The standard InChI is InChI=1S/C14H8FN3OS/c1-3-8-9(5-4-6-11(8)15)12-10(7-16)13(19)18-14(17-12)20-2/h1,4-6H,2H3,(H,17,18,19). The summed E-state index contributed by atoms with van der Waals surface area (Å²) < 4.78 is 13.7. The molecule has 0 aliphatic carbocycles. The van der Waals surface area contributed by atoms with Crippen molar-refractivity contribution in [2.45, 2.75) is 5.16 Å². The minimum Gasteiger partial charge on any atom is -0.300 e. The van der Waals surface area contributed by atoms with Gasteiger partial charge in [0.05, 0.1) is 11.3 Å². The van der Waals surface area contributed by atoms with Crippen molar-refractivity contribution in [1.29, 1.82) is 5.26 Å². The highest BCUT2D eigenvalue weighted by Crippen LogP contribution is 2.26. The van der Waals surface area contributed by atoms with Gasteiger partial charge in [-0.15, -0.1) is 6.42 Å². The van der Waals surface area contributed by atoms with E-state index in [2.05, 4.69) is 15.9 Å². The fourth-order valence-electron chi connectivity index (χ4n) is 1.72. The summed E-state index contributed by atoms with van der Waals surface area (Å²) >= 11 is 1.21. The van der Waals surface area contributed by atoms with E-state index in [0.29, 0.717) is 5.16 Å². The maximum atomic E-state index is 13.7. The highest BCUT2D eigenvalue weighted by molar-refractivity contribution is 7.98. The number of thioether (sulfide) groups is 1. The van der Waals surface area contributed by atoms with Crippen LogP contribution in [0.2, 0.25) is 0 Å². The summed E-state index contributed by atoms with van der Waals surface area (Å²) in [4.78, 5) is 18.5. The molecule has 20 heavy (non-hydrogen) atoms. The van der Waals surface area contributed by atoms with Gasteiger partial charge in [-0.2, -0.15) is 5.26 Å². The van der Waals surface area contributed by atoms with Gasteiger partial charge in [-0.3, -0.25) is 4.79 Å². The molecule has 1 aromatic heterocycles. The summed E-state index contributed by atoms with van der Waals surface area (Å²) in [5.74, 6) is 1.63. The van der Waals surface area contributed by atoms with E-state index in [4.69, 9.17) is 11.7 Å². The first-order chi connectivity index (χ1) is 9.62. The van der Waals surface area contributed by atoms with Gasteiger partial charge in [-0.25, -0.2) is 9.37 Å². The summed E-state index contributed by atoms with van der Waals surface area (Å²) in [5.41, 5.74) is -0.438. The first kappa shape index (κ1) is 13.9. The predicted molar refractivity (Wildman–Crippen MR) is 74.7 cm³/mol. The Morgan fingerprint density at radius 1 is 1.45 bits per heavy atom. The van der Waals surface area contributed by atoms with Gasteiger partial charge in [-0.05, 0) is 12.3 Å². The molecule has 2 aromatic rings. The summed E-state index contributed by atoms with van der Waals surface area (Å²) in [6.45, 7) is 0. The molecule has 1 aromatic carbocycles. The van der Waals surface area contributed by atoms with E-state index in [1.54, 1.807) is 12.3 Å². The van der Waals surface area contributed by atoms with Crippen molar-refractivity contribution in [3.05, 3.63) is 45.5 Å². The number of terminal acetylenes is 1. The number of H-pyrrole nitrogens is 1. The molecule has 1 N–H and O–H groups in total. The van der Waals surface area contributed by atoms with Gasteiger partial charge in [0.15, 0.2) is 5.16 Å². The fourth-order valence-corrected chi connectivity index (χ4v) is 2.09. The van der Waals surface area contributed by atoms with Crippen LogP contribution in [-0.2, 0) is 0 Å². The molecule has 0 amide bonds. The third kappa shape index (κ3) is 2.29. The van der Waals surface area contributed by atoms with Crippen molar-refractivity contribution in [1.82, 2.24) is 9.97 Å². The molecule has 2 rings (SSSR count). The first-order valence-electron chi connectivity index (χ1n) is 5.46. The minimum absolute atomic E-state index is 0.0193. The molecular weight excluding hydrogens is 277 g/mol. The minimum atomic E-state index is -0.596. The number of halogens is 1. The monoisotopic (exact) mass is 285 g/mol. The molecule has 6 heteroatoms. The number of aromatic nitrogens is 2. The second-order valence-corrected chi connectivity index (χ2v) is 4.51. The molecule has 0 aliphatic heterocycles. The highest BCUT2D eigenvalue weighted by Gasteiger charge is 2.17. The van der Waals surface area contributed by atoms with Crippen molar-refractivity contribution in [3.8, 4) is 29.7 Å². The molecule has 0 unspecified atom stereocenters. The summed E-state index contributed by atoms with van der Waals surface area (Å²) in [6.07, 6.45) is 7.02. The summed E-state index contributed by atoms with van der Waals surface area (Å²) in [6, 6.07) is 5.98. The lowest BCUT2D eigenvalue weighted by molar-refractivity contribution is 0.625. The molecule has 98 valence electrons. The highest BCUT2D eigenvalue weighted by atomic mass is 32.2. The van der Waals surface area contributed by atoms with Crippen LogP contribution in [0.1, 0.15) is 11.1 Å². The molecule has 0 spiro atoms. The molecule has 0 aliphatic rings. The number of rotatable bonds is 2. The molecule has 0 saturated heterocycles. The van der Waals surface area contributed by atoms with Crippen LogP contribution in [0.5, 0.6) is 0 Å². The summed E-state index contributed by atoms with van der Waals surface area (Å²) in [7, 11) is 0. The number of hydrogen-bond donors (Lipinski definition) is 1. The van der Waals surface area contributed by atoms with Crippen molar-refractivity contribution < 1.29 is 4.39 Å². The Morgan fingerprint density at radius 2 is 2.20 bits per heavy atom. The zero-order chi connectivity index (χ0) is 14.7. The average Bonchev–Trinajstić information content (AvgIpc) is 2.46. The molecule has 0 fully saturated rings. The molecule has 0 atom stereocenters. The Morgan fingerprint density at radius 3 is 2.80 bits per heavy atom. The van der Waals surface area contributed by atoms with E-state index < -0.39 is 11.4 Å². The topological polar surface area (TPSA) is 69.5 Å². The molecule has 1 heterocycles. The number of hydrogen-bond acceptors (Lipinski definition) is 4. The fraction of sp³-hybridized carbons (Fsp3) is 0.0714. The van der Waals surface area contributed by atoms with E-state index in [-0.39, 0.29) is 22.4 Å². The van der Waals surface area contributed by atoms with Gasteiger partial charge in [0, 0.05) is 5.56 Å². The van der Waals surface area contributed by atoms with Gasteiger partial charge in [0.1, 0.15) is 17.4 Å². The van der Waals surface area contributed by atoms with E-state index in [1.807, 2.05) is 0 Å². The van der Waals surface area contributed by atoms with Crippen LogP contribution in [0.25, 0.3) is 11.3 Å². The van der Waals surface area contributed by atoms with Gasteiger partial charge in [0.2, 0.25) is 0 Å². The van der Waals surface area contributed by atoms with Crippen molar-refractivity contribution >= 4 is 11.8 Å². The zero-order valence-corrected chi connectivity index (χ0v) is 11.2. The smallest absolute Gasteiger partial charge is 0.270 e. The Labute approximate surface area is 118 Å². The normalized spacial score (nSPS) is 9.80. The van der Waals surface area contributed by atoms with Crippen LogP contribution in [0.15, 0.2) is 28.2 Å². The molecule has 0 radical (unpaired) electrons. The average molecular weight is 285 g/mol. The van der Waals surface area contributed by atoms with E-state index in [9.17, 15) is 9.18 Å².